The fourth-order valence-electron chi connectivity index (χ4n) is 2.33. The van der Waals surface area contributed by atoms with Crippen LogP contribution in [0.25, 0.3) is 10.9 Å². The van der Waals surface area contributed by atoms with E-state index in [4.69, 9.17) is 5.11 Å². The van der Waals surface area contributed by atoms with E-state index >= 15 is 0 Å². The Bertz CT molecular complexity index is 540. The summed E-state index contributed by atoms with van der Waals surface area (Å²) in [6.45, 7) is 4.28. The van der Waals surface area contributed by atoms with Gasteiger partial charge in [0.25, 0.3) is 0 Å². The number of hydrogen-bond donors (Lipinski definition) is 2. The standard InChI is InChI=1S/C17H24N2O/c1-14-6-8-16-12-15(7-9-17(16)19-14)13-18-10-4-2-3-5-11-20/h6-9,12,18,20H,2-5,10-11,13H2,1H3. The van der Waals surface area contributed by atoms with Gasteiger partial charge in [-0.25, -0.2) is 0 Å². The predicted molar refractivity (Wildman–Crippen MR) is 83.7 cm³/mol. The highest BCUT2D eigenvalue weighted by Gasteiger charge is 1.98. The molecule has 2 aromatic rings. The lowest BCUT2D eigenvalue weighted by molar-refractivity contribution is 0.282. The van der Waals surface area contributed by atoms with Crippen LogP contribution in [0.15, 0.2) is 30.3 Å². The molecule has 0 saturated carbocycles. The highest BCUT2D eigenvalue weighted by Crippen LogP contribution is 2.14. The molecule has 3 nitrogen and oxygen atoms in total. The van der Waals surface area contributed by atoms with E-state index in [0.717, 1.165) is 37.1 Å². The largest absolute Gasteiger partial charge is 0.396 e. The van der Waals surface area contributed by atoms with Crippen LogP contribution >= 0.6 is 0 Å². The number of rotatable bonds is 8. The van der Waals surface area contributed by atoms with Crippen LogP contribution in [0.2, 0.25) is 0 Å². The van der Waals surface area contributed by atoms with Crippen LogP contribution in [0, 0.1) is 6.92 Å². The molecule has 0 aliphatic rings. The molecule has 0 aliphatic carbocycles. The van der Waals surface area contributed by atoms with Gasteiger partial charge in [-0.2, -0.15) is 0 Å². The Morgan fingerprint density at radius 1 is 1.05 bits per heavy atom. The second-order valence-electron chi connectivity index (χ2n) is 5.29. The first-order valence-corrected chi connectivity index (χ1v) is 7.47. The number of nitrogens with zero attached hydrogens (tertiary/aromatic N) is 1. The molecular formula is C17H24N2O. The van der Waals surface area contributed by atoms with Crippen molar-refractivity contribution >= 4 is 10.9 Å². The SMILES string of the molecule is Cc1ccc2cc(CNCCCCCCO)ccc2n1. The van der Waals surface area contributed by atoms with Crippen molar-refractivity contribution in [2.75, 3.05) is 13.2 Å². The van der Waals surface area contributed by atoms with E-state index in [-0.39, 0.29) is 0 Å². The van der Waals surface area contributed by atoms with E-state index in [9.17, 15) is 0 Å². The molecule has 20 heavy (non-hydrogen) atoms. The van der Waals surface area contributed by atoms with Crippen molar-refractivity contribution in [3.8, 4) is 0 Å². The first-order chi connectivity index (χ1) is 9.79. The van der Waals surface area contributed by atoms with Crippen molar-refractivity contribution in [1.29, 1.82) is 0 Å². The quantitative estimate of drug-likeness (QED) is 0.725. The molecule has 0 fully saturated rings. The lowest BCUT2D eigenvalue weighted by atomic mass is 10.1. The minimum atomic E-state index is 0.317. The van der Waals surface area contributed by atoms with Crippen LogP contribution in [-0.4, -0.2) is 23.2 Å². The van der Waals surface area contributed by atoms with E-state index in [2.05, 4.69) is 40.6 Å². The Kier molecular flexibility index (Phi) is 5.96. The maximum absolute atomic E-state index is 8.70. The lowest BCUT2D eigenvalue weighted by Gasteiger charge is -2.06. The van der Waals surface area contributed by atoms with Crippen molar-refractivity contribution in [3.05, 3.63) is 41.6 Å². The average Bonchev–Trinajstić information content (AvgIpc) is 2.46. The Labute approximate surface area is 121 Å². The topological polar surface area (TPSA) is 45.1 Å². The molecule has 108 valence electrons. The molecule has 1 aromatic heterocycles. The molecule has 0 spiro atoms. The maximum Gasteiger partial charge on any atom is 0.0705 e. The van der Waals surface area contributed by atoms with Crippen molar-refractivity contribution < 1.29 is 5.11 Å². The summed E-state index contributed by atoms with van der Waals surface area (Å²) in [6, 6.07) is 10.6. The number of aliphatic hydroxyl groups excluding tert-OH is 1. The van der Waals surface area contributed by atoms with Gasteiger partial charge in [0, 0.05) is 24.2 Å². The smallest absolute Gasteiger partial charge is 0.0705 e. The van der Waals surface area contributed by atoms with E-state index in [1.807, 2.05) is 6.92 Å². The first kappa shape index (κ1) is 14.9. The summed E-state index contributed by atoms with van der Waals surface area (Å²) in [5, 5.41) is 13.4. The molecule has 0 aliphatic heterocycles. The van der Waals surface area contributed by atoms with Gasteiger partial charge in [-0.1, -0.05) is 25.0 Å². The van der Waals surface area contributed by atoms with E-state index in [0.29, 0.717) is 6.61 Å². The van der Waals surface area contributed by atoms with Crippen LogP contribution in [0.5, 0.6) is 0 Å². The normalized spacial score (nSPS) is 11.1. The van der Waals surface area contributed by atoms with Crippen LogP contribution in [0.3, 0.4) is 0 Å². The maximum atomic E-state index is 8.70. The third kappa shape index (κ3) is 4.58. The first-order valence-electron chi connectivity index (χ1n) is 7.47. The Hall–Kier alpha value is -1.45. The van der Waals surface area contributed by atoms with Gasteiger partial charge in [-0.15, -0.1) is 0 Å². The highest BCUT2D eigenvalue weighted by atomic mass is 16.2. The third-order valence-electron chi connectivity index (χ3n) is 3.48. The second kappa shape index (κ2) is 7.98. The summed E-state index contributed by atoms with van der Waals surface area (Å²) in [7, 11) is 0. The Balaban J connectivity index is 1.77. The minimum absolute atomic E-state index is 0.317. The summed E-state index contributed by atoms with van der Waals surface area (Å²) >= 11 is 0. The summed E-state index contributed by atoms with van der Waals surface area (Å²) in [5.41, 5.74) is 3.43. The van der Waals surface area contributed by atoms with Crippen molar-refractivity contribution in [1.82, 2.24) is 10.3 Å². The van der Waals surface area contributed by atoms with Gasteiger partial charge >= 0.3 is 0 Å². The lowest BCUT2D eigenvalue weighted by Crippen LogP contribution is -2.14. The molecule has 2 rings (SSSR count). The molecule has 1 aromatic carbocycles. The van der Waals surface area contributed by atoms with Gasteiger partial charge in [0.05, 0.1) is 5.52 Å². The number of unbranched alkanes of at least 4 members (excludes halogenated alkanes) is 3. The van der Waals surface area contributed by atoms with Gasteiger partial charge < -0.3 is 10.4 Å². The summed E-state index contributed by atoms with van der Waals surface area (Å²) < 4.78 is 0. The molecular weight excluding hydrogens is 248 g/mol. The molecule has 0 unspecified atom stereocenters. The minimum Gasteiger partial charge on any atom is -0.396 e. The fraction of sp³-hybridized carbons (Fsp3) is 0.471. The van der Waals surface area contributed by atoms with Crippen molar-refractivity contribution in [2.45, 2.75) is 39.2 Å². The third-order valence-corrected chi connectivity index (χ3v) is 3.48. The molecule has 1 heterocycles. The summed E-state index contributed by atoms with van der Waals surface area (Å²) in [5.74, 6) is 0. The zero-order valence-electron chi connectivity index (χ0n) is 12.2. The summed E-state index contributed by atoms with van der Waals surface area (Å²) in [6.07, 6.45) is 4.42. The number of hydrogen-bond acceptors (Lipinski definition) is 3. The van der Waals surface area contributed by atoms with Gasteiger partial charge in [-0.05, 0) is 50.1 Å². The molecule has 0 radical (unpaired) electrons. The van der Waals surface area contributed by atoms with Crippen molar-refractivity contribution in [2.24, 2.45) is 0 Å². The second-order valence-corrected chi connectivity index (χ2v) is 5.29. The summed E-state index contributed by atoms with van der Waals surface area (Å²) in [4.78, 5) is 4.51. The van der Waals surface area contributed by atoms with Crippen LogP contribution in [0.1, 0.15) is 36.9 Å². The van der Waals surface area contributed by atoms with E-state index < -0.39 is 0 Å². The average molecular weight is 272 g/mol. The van der Waals surface area contributed by atoms with Gasteiger partial charge in [0.2, 0.25) is 0 Å². The highest BCUT2D eigenvalue weighted by molar-refractivity contribution is 5.79. The molecule has 0 saturated heterocycles. The predicted octanol–water partition coefficient (Wildman–Crippen LogP) is 3.19. The molecule has 0 bridgehead atoms. The number of fused-ring (bicyclic) bond motifs is 1. The number of aryl methyl sites for hydroxylation is 1. The Morgan fingerprint density at radius 3 is 2.75 bits per heavy atom. The van der Waals surface area contributed by atoms with Crippen LogP contribution in [-0.2, 0) is 6.54 Å². The van der Waals surface area contributed by atoms with Gasteiger partial charge in [-0.3, -0.25) is 4.98 Å². The molecule has 3 heteroatoms. The van der Waals surface area contributed by atoms with Gasteiger partial charge in [0.15, 0.2) is 0 Å². The van der Waals surface area contributed by atoms with E-state index in [1.165, 1.54) is 23.8 Å². The Morgan fingerprint density at radius 2 is 1.90 bits per heavy atom. The monoisotopic (exact) mass is 272 g/mol. The number of pyridine rings is 1. The molecule has 2 N–H and O–H groups in total. The number of aliphatic hydroxyl groups is 1. The number of benzene rings is 1. The van der Waals surface area contributed by atoms with Crippen LogP contribution < -0.4 is 5.32 Å². The number of nitrogens with one attached hydrogen (secondary N) is 1. The van der Waals surface area contributed by atoms with Crippen molar-refractivity contribution in [3.63, 3.8) is 0 Å². The van der Waals surface area contributed by atoms with E-state index in [1.54, 1.807) is 0 Å². The van der Waals surface area contributed by atoms with Crippen LogP contribution in [0.4, 0.5) is 0 Å². The molecule has 0 atom stereocenters. The number of aromatic nitrogens is 1. The van der Waals surface area contributed by atoms with Gasteiger partial charge in [0.1, 0.15) is 0 Å². The zero-order chi connectivity index (χ0) is 14.2. The zero-order valence-corrected chi connectivity index (χ0v) is 12.2. The molecule has 0 amide bonds. The fourth-order valence-corrected chi connectivity index (χ4v) is 2.33.